The summed E-state index contributed by atoms with van der Waals surface area (Å²) in [7, 11) is -2.19. The zero-order valence-corrected chi connectivity index (χ0v) is 34.9. The monoisotopic (exact) mass is 820 g/mol. The fourth-order valence-corrected chi connectivity index (χ4v) is 13.5. The Morgan fingerprint density at radius 2 is 0.828 bits per heavy atom. The van der Waals surface area contributed by atoms with E-state index in [1.807, 2.05) is 0 Å². The first-order valence-corrected chi connectivity index (χ1v) is 23.9. The van der Waals surface area contributed by atoms with Gasteiger partial charge in [-0.1, -0.05) is 24.3 Å². The molecular formula is C47H50O9P2. The van der Waals surface area contributed by atoms with Gasteiger partial charge in [-0.3, -0.25) is 9.05 Å². The molecule has 11 heteroatoms. The van der Waals surface area contributed by atoms with Crippen LogP contribution in [0.15, 0.2) is 65.3 Å². The lowest BCUT2D eigenvalue weighted by Gasteiger charge is -2.37. The summed E-state index contributed by atoms with van der Waals surface area (Å²) >= 11 is 0. The molecule has 0 unspecified atom stereocenters. The van der Waals surface area contributed by atoms with Crippen molar-refractivity contribution < 1.29 is 40.0 Å². The minimum Gasteiger partial charge on any atom is -0.399 e. The van der Waals surface area contributed by atoms with E-state index >= 15 is 0 Å². The Kier molecular flexibility index (Phi) is 9.33. The molecule has 2 fully saturated rings. The Hall–Kier alpha value is -3.52. The Labute approximate surface area is 339 Å². The molecule has 4 aromatic carbocycles. The van der Waals surface area contributed by atoms with E-state index in [1.165, 1.54) is 117 Å². The molecule has 0 N–H and O–H groups in total. The van der Waals surface area contributed by atoms with Crippen LogP contribution in [0.1, 0.15) is 95.9 Å². The van der Waals surface area contributed by atoms with Gasteiger partial charge in [-0.05, 0) is 172 Å². The predicted molar refractivity (Wildman–Crippen MR) is 225 cm³/mol. The van der Waals surface area contributed by atoms with Crippen LogP contribution in [0.5, 0.6) is 0 Å². The minimum atomic E-state index is -1.94. The first-order valence-electron chi connectivity index (χ1n) is 21.7. The third-order valence-electron chi connectivity index (χ3n) is 13.9. The lowest BCUT2D eigenvalue weighted by molar-refractivity contribution is -0.232. The maximum absolute atomic E-state index is 6.94. The molecule has 0 spiro atoms. The van der Waals surface area contributed by atoms with Crippen molar-refractivity contribution in [2.24, 2.45) is 0 Å². The number of benzene rings is 4. The second-order valence-corrected chi connectivity index (χ2v) is 19.2. The Morgan fingerprint density at radius 3 is 1.21 bits per heavy atom. The van der Waals surface area contributed by atoms with Gasteiger partial charge in [0.1, 0.15) is 40.6 Å². The molecule has 302 valence electrons. The van der Waals surface area contributed by atoms with Gasteiger partial charge in [0.15, 0.2) is 12.4 Å². The normalized spacial score (nSPS) is 25.1. The van der Waals surface area contributed by atoms with Gasteiger partial charge in [-0.25, -0.2) is 0 Å². The fourth-order valence-electron chi connectivity index (χ4n) is 11.1. The molecular weight excluding hydrogens is 770 g/mol. The van der Waals surface area contributed by atoms with Crippen LogP contribution in [0.4, 0.5) is 0 Å². The van der Waals surface area contributed by atoms with E-state index in [2.05, 4.69) is 48.5 Å². The Balaban J connectivity index is 0.959. The van der Waals surface area contributed by atoms with Crippen molar-refractivity contribution in [2.75, 3.05) is 13.7 Å². The first-order chi connectivity index (χ1) is 28.7. The molecule has 4 heterocycles. The lowest BCUT2D eigenvalue weighted by Crippen LogP contribution is -2.57. The molecule has 2 aromatic heterocycles. The van der Waals surface area contributed by atoms with Crippen LogP contribution < -0.4 is 9.05 Å². The third kappa shape index (κ3) is 6.06. The standard InChI is InChI=1S/C47H50O9P2/c1-48-47-46(56-58-53-37-24-20-29-12-4-8-16-33(29)42(37)43-34-17-9-5-13-30(34)21-25-38(43)54-58)45-44(39(50-47)26-49-45)55-57-51-35-22-18-27-10-2-6-14-31(27)40(35)41-32-15-7-3-11-28(32)19-23-36(41)52-57/h18-25,39,44-47H,2-17,26H2,1H3/t39-,44-,45-,46+,47+/m0/s1. The highest BCUT2D eigenvalue weighted by atomic mass is 31.1. The summed E-state index contributed by atoms with van der Waals surface area (Å²) in [6.07, 6.45) is 15.2. The molecule has 6 aliphatic rings. The van der Waals surface area contributed by atoms with Crippen LogP contribution >= 0.6 is 16.5 Å². The molecule has 4 aliphatic carbocycles. The van der Waals surface area contributed by atoms with E-state index in [-0.39, 0.29) is 0 Å². The summed E-state index contributed by atoms with van der Waals surface area (Å²) in [5.41, 5.74) is 14.6. The van der Waals surface area contributed by atoms with Crippen LogP contribution in [0, 0.1) is 0 Å². The highest BCUT2D eigenvalue weighted by Gasteiger charge is 2.55. The maximum atomic E-state index is 6.94. The van der Waals surface area contributed by atoms with Gasteiger partial charge in [-0.2, -0.15) is 0 Å². The zero-order chi connectivity index (χ0) is 38.3. The quantitative estimate of drug-likeness (QED) is 0.168. The summed E-state index contributed by atoms with van der Waals surface area (Å²) < 4.78 is 60.2. The van der Waals surface area contributed by atoms with E-state index in [4.69, 9.17) is 40.0 Å². The number of fused-ring (bicyclic) bond motifs is 16. The smallest absolute Gasteiger partial charge is 0.387 e. The number of methoxy groups -OCH3 is 1. The highest BCUT2D eigenvalue weighted by Crippen LogP contribution is 2.47. The highest BCUT2D eigenvalue weighted by molar-refractivity contribution is 7.32. The van der Waals surface area contributed by atoms with Crippen molar-refractivity contribution in [1.82, 2.24) is 0 Å². The zero-order valence-electron chi connectivity index (χ0n) is 33.1. The van der Waals surface area contributed by atoms with Crippen LogP contribution in [0.25, 0.3) is 43.9 Å². The van der Waals surface area contributed by atoms with E-state index in [1.54, 1.807) is 7.11 Å². The summed E-state index contributed by atoms with van der Waals surface area (Å²) in [5, 5.41) is 4.78. The average molecular weight is 821 g/mol. The molecule has 12 rings (SSSR count). The molecule has 2 bridgehead atoms. The van der Waals surface area contributed by atoms with Gasteiger partial charge in [0.05, 0.1) is 6.61 Å². The molecule has 0 amide bonds. The summed E-state index contributed by atoms with van der Waals surface area (Å²) in [6.45, 7) is 0.329. The lowest BCUT2D eigenvalue weighted by atomic mass is 9.84. The summed E-state index contributed by atoms with van der Waals surface area (Å²) in [5.74, 6) is 0. The van der Waals surface area contributed by atoms with Crippen LogP contribution in [0.2, 0.25) is 0 Å². The minimum absolute atomic E-state index is 0.329. The summed E-state index contributed by atoms with van der Waals surface area (Å²) in [4.78, 5) is 0. The predicted octanol–water partition coefficient (Wildman–Crippen LogP) is 11.5. The van der Waals surface area contributed by atoms with Crippen molar-refractivity contribution in [3.63, 3.8) is 0 Å². The van der Waals surface area contributed by atoms with Crippen molar-refractivity contribution in [3.05, 3.63) is 93.0 Å². The molecule has 0 saturated carbocycles. The number of aryl methyl sites for hydroxylation is 8. The van der Waals surface area contributed by atoms with Gasteiger partial charge < -0.3 is 31.0 Å². The molecule has 58 heavy (non-hydrogen) atoms. The molecule has 2 saturated heterocycles. The van der Waals surface area contributed by atoms with Crippen molar-refractivity contribution in [3.8, 4) is 0 Å². The topological polar surface area (TPSA) is 98.7 Å². The van der Waals surface area contributed by atoms with Crippen molar-refractivity contribution in [2.45, 2.75) is 133 Å². The second-order valence-electron chi connectivity index (χ2n) is 17.2. The Morgan fingerprint density at radius 1 is 0.466 bits per heavy atom. The molecule has 0 radical (unpaired) electrons. The second kappa shape index (κ2) is 14.9. The van der Waals surface area contributed by atoms with Gasteiger partial charge in [0, 0.05) is 28.7 Å². The van der Waals surface area contributed by atoms with E-state index in [0.29, 0.717) is 6.61 Å². The summed E-state index contributed by atoms with van der Waals surface area (Å²) in [6, 6.07) is 17.5. The number of hydrogen-bond acceptors (Lipinski definition) is 9. The van der Waals surface area contributed by atoms with E-state index < -0.39 is 47.2 Å². The molecule has 6 aromatic rings. The van der Waals surface area contributed by atoms with Gasteiger partial charge in [0.25, 0.3) is 0 Å². The SMILES string of the molecule is CO[C@@H]1O[C@H]2CO[C@@H]([C@H]2Op2oc3ccc4c(c3c3c5c(ccc3o2)CCCC5)CCCC4)[C@H]1Op1oc2ccc3c(c2c2c4c(ccc2o1)CCCC4)CCCC3. The van der Waals surface area contributed by atoms with Gasteiger partial charge in [-0.15, -0.1) is 0 Å². The van der Waals surface area contributed by atoms with Gasteiger partial charge >= 0.3 is 16.5 Å². The van der Waals surface area contributed by atoms with Crippen LogP contribution in [0.3, 0.4) is 0 Å². The molecule has 2 aliphatic heterocycles. The van der Waals surface area contributed by atoms with Crippen molar-refractivity contribution in [1.29, 1.82) is 0 Å². The molecule has 9 nitrogen and oxygen atoms in total. The molecule has 5 atom stereocenters. The van der Waals surface area contributed by atoms with Crippen LogP contribution in [-0.2, 0) is 65.6 Å². The third-order valence-corrected chi connectivity index (χ3v) is 16.1. The van der Waals surface area contributed by atoms with E-state index in [0.717, 1.165) is 73.7 Å². The van der Waals surface area contributed by atoms with Crippen molar-refractivity contribution >= 4 is 60.4 Å². The number of ether oxygens (including phenoxy) is 3. The van der Waals surface area contributed by atoms with Crippen LogP contribution in [-0.4, -0.2) is 44.4 Å². The first kappa shape index (κ1) is 36.3. The van der Waals surface area contributed by atoms with E-state index in [9.17, 15) is 0 Å². The average Bonchev–Trinajstić information content (AvgIpc) is 3.38. The number of rotatable bonds is 5. The Bertz CT molecular complexity index is 2530. The fraction of sp³-hybridized carbons (Fsp3) is 0.489. The maximum Gasteiger partial charge on any atom is 0.387 e. The number of hydrogen-bond donors (Lipinski definition) is 0. The van der Waals surface area contributed by atoms with Gasteiger partial charge in [0.2, 0.25) is 0 Å². The largest absolute Gasteiger partial charge is 0.399 e.